The molecule has 2 aliphatic rings. The Labute approximate surface area is 187 Å². The van der Waals surface area contributed by atoms with E-state index < -0.39 is 17.8 Å². The first-order valence-electron chi connectivity index (χ1n) is 10.6. The molecule has 1 fully saturated rings. The Kier molecular flexibility index (Phi) is 5.02. The maximum absolute atomic E-state index is 13.2. The molecule has 0 spiro atoms. The monoisotopic (exact) mass is 458 g/mol. The summed E-state index contributed by atoms with van der Waals surface area (Å²) in [6, 6.07) is 7.73. The Morgan fingerprint density at radius 1 is 1.09 bits per heavy atom. The van der Waals surface area contributed by atoms with Crippen molar-refractivity contribution in [1.82, 2.24) is 19.0 Å². The van der Waals surface area contributed by atoms with Gasteiger partial charge in [-0.25, -0.2) is 4.98 Å². The van der Waals surface area contributed by atoms with Gasteiger partial charge in [-0.3, -0.25) is 9.59 Å². The number of hydrogen-bond acceptors (Lipinski definition) is 4. The van der Waals surface area contributed by atoms with E-state index in [1.807, 2.05) is 6.92 Å². The average Bonchev–Trinajstić information content (AvgIpc) is 3.19. The third kappa shape index (κ3) is 3.79. The van der Waals surface area contributed by atoms with Gasteiger partial charge in [0.1, 0.15) is 23.2 Å². The highest BCUT2D eigenvalue weighted by atomic mass is 19.4. The number of pyridine rings is 1. The molecule has 0 bridgehead atoms. The minimum absolute atomic E-state index is 0.126. The number of aromatic nitrogens is 3. The summed E-state index contributed by atoms with van der Waals surface area (Å²) in [5.41, 5.74) is 0.424. The number of nitrogens with zero attached hydrogens (tertiary/aromatic N) is 4. The molecule has 2 unspecified atom stereocenters. The van der Waals surface area contributed by atoms with Crippen molar-refractivity contribution in [2.24, 2.45) is 0 Å². The lowest BCUT2D eigenvalue weighted by Crippen LogP contribution is -2.58. The molecule has 7 nitrogen and oxygen atoms in total. The van der Waals surface area contributed by atoms with Gasteiger partial charge in [0.15, 0.2) is 0 Å². The molecule has 3 aromatic rings. The van der Waals surface area contributed by atoms with Crippen LogP contribution in [-0.4, -0.2) is 43.6 Å². The summed E-state index contributed by atoms with van der Waals surface area (Å²) in [7, 11) is 0. The molecule has 33 heavy (non-hydrogen) atoms. The van der Waals surface area contributed by atoms with Gasteiger partial charge in [-0.1, -0.05) is 6.07 Å². The lowest BCUT2D eigenvalue weighted by atomic mass is 9.86. The van der Waals surface area contributed by atoms with E-state index in [-0.39, 0.29) is 29.0 Å². The molecule has 0 saturated heterocycles. The highest BCUT2D eigenvalue weighted by molar-refractivity contribution is 5.93. The number of aryl methyl sites for hydroxylation is 1. The minimum atomic E-state index is -4.45. The number of fused-ring (bicyclic) bond motifs is 1. The molecule has 3 heterocycles. The van der Waals surface area contributed by atoms with Gasteiger partial charge in [-0.2, -0.15) is 13.2 Å². The molecule has 0 N–H and O–H groups in total. The first-order chi connectivity index (χ1) is 15.7. The lowest BCUT2D eigenvalue weighted by Gasteiger charge is -2.45. The summed E-state index contributed by atoms with van der Waals surface area (Å²) in [4.78, 5) is 32.0. The van der Waals surface area contributed by atoms with Gasteiger partial charge in [0.05, 0.1) is 23.6 Å². The number of alkyl halides is 3. The van der Waals surface area contributed by atoms with E-state index in [4.69, 9.17) is 4.74 Å². The third-order valence-corrected chi connectivity index (χ3v) is 6.21. The number of halogens is 3. The summed E-state index contributed by atoms with van der Waals surface area (Å²) in [6.07, 6.45) is -0.233. The van der Waals surface area contributed by atoms with E-state index in [0.717, 1.165) is 17.8 Å². The van der Waals surface area contributed by atoms with Gasteiger partial charge in [0.25, 0.3) is 11.5 Å². The largest absolute Gasteiger partial charge is 0.488 e. The Bertz CT molecular complexity index is 1280. The van der Waals surface area contributed by atoms with Crippen LogP contribution in [0.15, 0.2) is 53.7 Å². The number of imidazole rings is 1. The lowest BCUT2D eigenvalue weighted by molar-refractivity contribution is -0.137. The van der Waals surface area contributed by atoms with Crippen molar-refractivity contribution in [1.29, 1.82) is 0 Å². The second-order valence-electron chi connectivity index (χ2n) is 8.31. The summed E-state index contributed by atoms with van der Waals surface area (Å²) < 4.78 is 47.9. The van der Waals surface area contributed by atoms with Crippen molar-refractivity contribution >= 4 is 5.91 Å². The van der Waals surface area contributed by atoms with Crippen molar-refractivity contribution in [3.63, 3.8) is 0 Å². The zero-order valence-electron chi connectivity index (χ0n) is 17.7. The Morgan fingerprint density at radius 2 is 1.91 bits per heavy atom. The SMILES string of the molecule is Cc1cn(-c2ccc3n(c2=O)CCN(C2CCC2Oc2cccc(C(F)(F)F)c2)C3=O)cn1. The van der Waals surface area contributed by atoms with Crippen molar-refractivity contribution < 1.29 is 22.7 Å². The van der Waals surface area contributed by atoms with Crippen molar-refractivity contribution in [3.05, 3.63) is 76.2 Å². The Balaban J connectivity index is 1.35. The Morgan fingerprint density at radius 3 is 2.58 bits per heavy atom. The van der Waals surface area contributed by atoms with Crippen LogP contribution in [0, 0.1) is 6.92 Å². The number of ether oxygens (including phenoxy) is 1. The predicted octanol–water partition coefficient (Wildman–Crippen LogP) is 3.43. The van der Waals surface area contributed by atoms with Crippen LogP contribution in [0.5, 0.6) is 5.75 Å². The molecule has 2 aromatic heterocycles. The maximum atomic E-state index is 13.2. The molecule has 172 valence electrons. The Hall–Kier alpha value is -3.56. The number of hydrogen-bond donors (Lipinski definition) is 0. The molecular weight excluding hydrogens is 437 g/mol. The highest BCUT2D eigenvalue weighted by Gasteiger charge is 2.42. The van der Waals surface area contributed by atoms with Crippen molar-refractivity contribution in [2.45, 2.75) is 44.6 Å². The summed E-state index contributed by atoms with van der Waals surface area (Å²) in [5, 5.41) is 0. The quantitative estimate of drug-likeness (QED) is 0.601. The molecule has 1 amide bonds. The molecule has 1 saturated carbocycles. The molecule has 0 radical (unpaired) electrons. The van der Waals surface area contributed by atoms with E-state index in [2.05, 4.69) is 4.98 Å². The fraction of sp³-hybridized carbons (Fsp3) is 0.348. The minimum Gasteiger partial charge on any atom is -0.488 e. The average molecular weight is 458 g/mol. The van der Waals surface area contributed by atoms with Crippen molar-refractivity contribution in [3.8, 4) is 11.4 Å². The van der Waals surface area contributed by atoms with E-state index in [9.17, 15) is 22.8 Å². The number of benzene rings is 1. The maximum Gasteiger partial charge on any atom is 0.416 e. The molecule has 1 aliphatic heterocycles. The molecule has 1 aromatic carbocycles. The van der Waals surface area contributed by atoms with Crippen LogP contribution >= 0.6 is 0 Å². The van der Waals surface area contributed by atoms with Crippen LogP contribution in [0.3, 0.4) is 0 Å². The summed E-state index contributed by atoms with van der Waals surface area (Å²) in [5.74, 6) is -0.157. The zero-order chi connectivity index (χ0) is 23.3. The fourth-order valence-electron chi connectivity index (χ4n) is 4.36. The summed E-state index contributed by atoms with van der Waals surface area (Å²) >= 11 is 0. The van der Waals surface area contributed by atoms with Crippen LogP contribution in [0.4, 0.5) is 13.2 Å². The number of rotatable bonds is 4. The molecular formula is C23H21F3N4O3. The topological polar surface area (TPSA) is 69.4 Å². The molecule has 1 aliphatic carbocycles. The van der Waals surface area contributed by atoms with Crippen LogP contribution in [0.2, 0.25) is 0 Å². The predicted molar refractivity (Wildman–Crippen MR) is 112 cm³/mol. The normalized spacial score (nSPS) is 20.4. The van der Waals surface area contributed by atoms with E-state index in [1.54, 1.807) is 34.1 Å². The molecule has 10 heteroatoms. The summed E-state index contributed by atoms with van der Waals surface area (Å²) in [6.45, 7) is 2.48. The number of amides is 1. The van der Waals surface area contributed by atoms with Gasteiger partial charge in [0.2, 0.25) is 0 Å². The smallest absolute Gasteiger partial charge is 0.416 e. The van der Waals surface area contributed by atoms with Gasteiger partial charge in [0, 0.05) is 19.3 Å². The second kappa shape index (κ2) is 7.79. The fourth-order valence-corrected chi connectivity index (χ4v) is 4.36. The van der Waals surface area contributed by atoms with Crippen LogP contribution < -0.4 is 10.3 Å². The van der Waals surface area contributed by atoms with Gasteiger partial charge in [-0.15, -0.1) is 0 Å². The molecule has 2 atom stereocenters. The van der Waals surface area contributed by atoms with Crippen LogP contribution in [-0.2, 0) is 12.7 Å². The van der Waals surface area contributed by atoms with Crippen LogP contribution in [0.25, 0.3) is 5.69 Å². The van der Waals surface area contributed by atoms with Gasteiger partial charge in [-0.05, 0) is 50.1 Å². The highest BCUT2D eigenvalue weighted by Crippen LogP contribution is 2.35. The zero-order valence-corrected chi connectivity index (χ0v) is 17.7. The number of carbonyl (C=O) groups is 1. The number of carbonyl (C=O) groups excluding carboxylic acids is 1. The van der Waals surface area contributed by atoms with Gasteiger partial charge < -0.3 is 18.8 Å². The first kappa shape index (κ1) is 21.3. The standard InChI is InChI=1S/C23H21F3N4O3/c1-14-12-28(13-27-14)18-5-6-19-22(32)29(9-10-30(19)21(18)31)17-7-8-20(17)33-16-4-2-3-15(11-16)23(24,25)26/h2-6,11-13,17,20H,7-10H2,1H3. The third-order valence-electron chi connectivity index (χ3n) is 6.21. The second-order valence-corrected chi connectivity index (χ2v) is 8.31. The first-order valence-corrected chi connectivity index (χ1v) is 10.6. The van der Waals surface area contributed by atoms with Crippen molar-refractivity contribution in [2.75, 3.05) is 6.54 Å². The van der Waals surface area contributed by atoms with E-state index >= 15 is 0 Å². The molecule has 5 rings (SSSR count). The van der Waals surface area contributed by atoms with Gasteiger partial charge >= 0.3 is 6.18 Å². The van der Waals surface area contributed by atoms with E-state index in [1.165, 1.54) is 16.7 Å². The van der Waals surface area contributed by atoms with E-state index in [0.29, 0.717) is 31.6 Å². The van der Waals surface area contributed by atoms with Crippen LogP contribution in [0.1, 0.15) is 34.6 Å².